The quantitative estimate of drug-likeness (QED) is 0.720. The van der Waals surface area contributed by atoms with Crippen LogP contribution in [0.3, 0.4) is 0 Å². The molecular formula is C15H16Cl2N2O. The lowest BCUT2D eigenvalue weighted by Gasteiger charge is -2.14. The highest BCUT2D eigenvalue weighted by molar-refractivity contribution is 6.31. The molecular weight excluding hydrogens is 295 g/mol. The normalized spacial score (nSPS) is 10.9. The highest BCUT2D eigenvalue weighted by Crippen LogP contribution is 2.33. The van der Waals surface area contributed by atoms with Gasteiger partial charge in [0.2, 0.25) is 11.2 Å². The van der Waals surface area contributed by atoms with Crippen LogP contribution in [0.15, 0.2) is 18.2 Å². The average Bonchev–Trinajstić information content (AvgIpc) is 2.30. The van der Waals surface area contributed by atoms with Gasteiger partial charge >= 0.3 is 0 Å². The third-order valence-electron chi connectivity index (χ3n) is 2.93. The molecule has 20 heavy (non-hydrogen) atoms. The Morgan fingerprint density at radius 1 is 1.05 bits per heavy atom. The zero-order valence-corrected chi connectivity index (χ0v) is 13.4. The summed E-state index contributed by atoms with van der Waals surface area (Å²) in [6.45, 7) is 7.97. The van der Waals surface area contributed by atoms with Crippen LogP contribution in [-0.4, -0.2) is 9.97 Å². The van der Waals surface area contributed by atoms with Crippen LogP contribution in [-0.2, 0) is 0 Å². The Morgan fingerprint density at radius 3 is 2.35 bits per heavy atom. The Balaban J connectivity index is 2.40. The van der Waals surface area contributed by atoms with Crippen molar-refractivity contribution in [2.24, 2.45) is 0 Å². The smallest absolute Gasteiger partial charge is 0.225 e. The SMILES string of the molecule is Cc1cc(Oc2cc(C(C)C)c(Cl)cc2C)nc(Cl)n1. The number of rotatable bonds is 3. The molecule has 106 valence electrons. The van der Waals surface area contributed by atoms with E-state index >= 15 is 0 Å². The molecule has 0 aliphatic heterocycles. The molecule has 0 radical (unpaired) electrons. The summed E-state index contributed by atoms with van der Waals surface area (Å²) in [5.74, 6) is 1.48. The van der Waals surface area contributed by atoms with Crippen molar-refractivity contribution >= 4 is 23.2 Å². The molecule has 0 atom stereocenters. The third-order valence-corrected chi connectivity index (χ3v) is 3.43. The largest absolute Gasteiger partial charge is 0.439 e. The molecule has 3 nitrogen and oxygen atoms in total. The number of benzene rings is 1. The van der Waals surface area contributed by atoms with Crippen molar-refractivity contribution in [2.75, 3.05) is 0 Å². The predicted octanol–water partition coefficient (Wildman–Crippen LogP) is 5.32. The maximum atomic E-state index is 6.25. The summed E-state index contributed by atoms with van der Waals surface area (Å²) in [6, 6.07) is 5.60. The molecule has 0 bridgehead atoms. The maximum Gasteiger partial charge on any atom is 0.225 e. The van der Waals surface area contributed by atoms with Gasteiger partial charge in [-0.1, -0.05) is 25.4 Å². The Hall–Kier alpha value is -1.32. The summed E-state index contributed by atoms with van der Waals surface area (Å²) in [5, 5.41) is 0.928. The number of aromatic nitrogens is 2. The van der Waals surface area contributed by atoms with E-state index < -0.39 is 0 Å². The van der Waals surface area contributed by atoms with Crippen molar-refractivity contribution in [1.82, 2.24) is 9.97 Å². The zero-order valence-electron chi connectivity index (χ0n) is 11.9. The van der Waals surface area contributed by atoms with Crippen molar-refractivity contribution < 1.29 is 4.74 Å². The molecule has 1 aromatic carbocycles. The van der Waals surface area contributed by atoms with E-state index in [1.165, 1.54) is 0 Å². The van der Waals surface area contributed by atoms with E-state index in [1.54, 1.807) is 6.07 Å². The van der Waals surface area contributed by atoms with Gasteiger partial charge in [0.05, 0.1) is 0 Å². The minimum absolute atomic E-state index is 0.177. The van der Waals surface area contributed by atoms with E-state index in [0.29, 0.717) is 11.8 Å². The van der Waals surface area contributed by atoms with E-state index in [1.807, 2.05) is 26.0 Å². The fraction of sp³-hybridized carbons (Fsp3) is 0.333. The molecule has 0 saturated heterocycles. The van der Waals surface area contributed by atoms with Gasteiger partial charge in [0.1, 0.15) is 5.75 Å². The Labute approximate surface area is 128 Å². The molecule has 2 aromatic rings. The minimum atomic E-state index is 0.177. The second-order valence-electron chi connectivity index (χ2n) is 5.01. The van der Waals surface area contributed by atoms with Gasteiger partial charge in [-0.2, -0.15) is 4.98 Å². The fourth-order valence-electron chi connectivity index (χ4n) is 1.89. The van der Waals surface area contributed by atoms with Crippen LogP contribution >= 0.6 is 23.2 Å². The standard InChI is InChI=1S/C15H16Cl2N2O/c1-8(2)11-7-13(9(3)5-12(11)16)20-14-6-10(4)18-15(17)19-14/h5-8H,1-4H3. The van der Waals surface area contributed by atoms with Crippen LogP contribution in [0.25, 0.3) is 0 Å². The van der Waals surface area contributed by atoms with Gasteiger partial charge in [-0.05, 0) is 54.6 Å². The van der Waals surface area contributed by atoms with Crippen LogP contribution in [0.1, 0.15) is 36.6 Å². The molecule has 0 fully saturated rings. The minimum Gasteiger partial charge on any atom is -0.439 e. The molecule has 1 aromatic heterocycles. The molecule has 0 aliphatic rings. The van der Waals surface area contributed by atoms with Gasteiger partial charge in [0, 0.05) is 16.8 Å². The van der Waals surface area contributed by atoms with Crippen LogP contribution in [0.4, 0.5) is 0 Å². The number of ether oxygens (including phenoxy) is 1. The summed E-state index contributed by atoms with van der Waals surface area (Å²) in [6.07, 6.45) is 0. The first-order valence-electron chi connectivity index (χ1n) is 6.36. The highest BCUT2D eigenvalue weighted by atomic mass is 35.5. The number of hydrogen-bond donors (Lipinski definition) is 0. The van der Waals surface area contributed by atoms with E-state index in [-0.39, 0.29) is 5.28 Å². The lowest BCUT2D eigenvalue weighted by atomic mass is 10.0. The molecule has 0 saturated carbocycles. The van der Waals surface area contributed by atoms with Gasteiger partial charge in [-0.15, -0.1) is 0 Å². The molecule has 0 aliphatic carbocycles. The molecule has 1 heterocycles. The molecule has 2 rings (SSSR count). The topological polar surface area (TPSA) is 35.0 Å². The van der Waals surface area contributed by atoms with Crippen molar-refractivity contribution in [2.45, 2.75) is 33.6 Å². The monoisotopic (exact) mass is 310 g/mol. The number of halogens is 2. The van der Waals surface area contributed by atoms with Crippen molar-refractivity contribution in [3.05, 3.63) is 45.3 Å². The van der Waals surface area contributed by atoms with Gasteiger partial charge in [-0.3, -0.25) is 0 Å². The maximum absolute atomic E-state index is 6.25. The van der Waals surface area contributed by atoms with E-state index in [4.69, 9.17) is 27.9 Å². The molecule has 0 spiro atoms. The number of hydrogen-bond acceptors (Lipinski definition) is 3. The Kier molecular flexibility index (Phi) is 4.51. The fourth-order valence-corrected chi connectivity index (χ4v) is 2.54. The van der Waals surface area contributed by atoms with Crippen molar-refractivity contribution in [3.8, 4) is 11.6 Å². The Bertz CT molecular complexity index is 622. The Morgan fingerprint density at radius 2 is 1.75 bits per heavy atom. The molecule has 0 amide bonds. The summed E-state index contributed by atoms with van der Waals surface area (Å²) in [7, 11) is 0. The summed E-state index contributed by atoms with van der Waals surface area (Å²) in [4.78, 5) is 8.08. The van der Waals surface area contributed by atoms with Gasteiger partial charge in [-0.25, -0.2) is 4.98 Å². The second-order valence-corrected chi connectivity index (χ2v) is 5.76. The van der Waals surface area contributed by atoms with Gasteiger partial charge < -0.3 is 4.74 Å². The van der Waals surface area contributed by atoms with Crippen molar-refractivity contribution in [3.63, 3.8) is 0 Å². The molecule has 0 N–H and O–H groups in total. The lowest BCUT2D eigenvalue weighted by Crippen LogP contribution is -1.97. The van der Waals surface area contributed by atoms with Crippen LogP contribution in [0.2, 0.25) is 10.3 Å². The summed E-state index contributed by atoms with van der Waals surface area (Å²) >= 11 is 12.1. The van der Waals surface area contributed by atoms with E-state index in [0.717, 1.165) is 27.6 Å². The zero-order chi connectivity index (χ0) is 14.9. The number of nitrogens with zero attached hydrogens (tertiary/aromatic N) is 2. The van der Waals surface area contributed by atoms with E-state index in [9.17, 15) is 0 Å². The second kappa shape index (κ2) is 5.98. The first kappa shape index (κ1) is 15.1. The first-order chi connectivity index (χ1) is 9.36. The summed E-state index contributed by atoms with van der Waals surface area (Å²) in [5.41, 5.74) is 2.76. The van der Waals surface area contributed by atoms with Gasteiger partial charge in [0.15, 0.2) is 0 Å². The first-order valence-corrected chi connectivity index (χ1v) is 7.11. The number of aryl methyl sites for hydroxylation is 2. The van der Waals surface area contributed by atoms with Crippen LogP contribution in [0, 0.1) is 13.8 Å². The molecule has 0 unspecified atom stereocenters. The highest BCUT2D eigenvalue weighted by Gasteiger charge is 2.12. The third kappa shape index (κ3) is 3.41. The van der Waals surface area contributed by atoms with Crippen LogP contribution in [0.5, 0.6) is 11.6 Å². The van der Waals surface area contributed by atoms with Crippen LogP contribution < -0.4 is 4.74 Å². The van der Waals surface area contributed by atoms with Gasteiger partial charge in [0.25, 0.3) is 0 Å². The predicted molar refractivity (Wildman–Crippen MR) is 82.1 cm³/mol. The lowest BCUT2D eigenvalue weighted by molar-refractivity contribution is 0.456. The van der Waals surface area contributed by atoms with E-state index in [2.05, 4.69) is 23.8 Å². The summed E-state index contributed by atoms with van der Waals surface area (Å²) < 4.78 is 5.82. The molecule has 5 heteroatoms. The van der Waals surface area contributed by atoms with Crippen molar-refractivity contribution in [1.29, 1.82) is 0 Å². The average molecular weight is 311 g/mol.